The Balaban J connectivity index is 0.00000243. The summed E-state index contributed by atoms with van der Waals surface area (Å²) >= 11 is 3.55. The van der Waals surface area contributed by atoms with E-state index in [4.69, 9.17) is 4.74 Å². The van der Waals surface area contributed by atoms with Crippen LogP contribution in [0.2, 0.25) is 0 Å². The Morgan fingerprint density at radius 3 is 2.42 bits per heavy atom. The van der Waals surface area contributed by atoms with Crippen LogP contribution in [0.3, 0.4) is 0 Å². The fourth-order valence-corrected chi connectivity index (χ4v) is 4.29. The molecule has 2 aliphatic rings. The standard InChI is InChI=1S/C20H30BrN3O.HI/c1-22-19(24-18-5-3-2-4-6-18)23-15-20(11-13-25-14-12-20)16-7-9-17(21)10-8-16;/h7-10,18H,2-6,11-15H2,1H3,(H2,22,23,24);1H. The molecule has 0 unspecified atom stereocenters. The Bertz CT molecular complexity index is 567. The predicted octanol–water partition coefficient (Wildman–Crippen LogP) is 4.61. The van der Waals surface area contributed by atoms with E-state index in [0.29, 0.717) is 6.04 Å². The Kier molecular flexibility index (Phi) is 9.17. The first-order chi connectivity index (χ1) is 12.2. The number of aliphatic imine (C=N–C) groups is 1. The third-order valence-corrected chi connectivity index (χ3v) is 6.20. The number of rotatable bonds is 4. The van der Waals surface area contributed by atoms with Gasteiger partial charge in [0, 0.05) is 42.7 Å². The molecule has 1 aliphatic carbocycles. The fourth-order valence-electron chi connectivity index (χ4n) is 4.02. The lowest BCUT2D eigenvalue weighted by Gasteiger charge is -2.38. The quantitative estimate of drug-likeness (QED) is 0.336. The van der Waals surface area contributed by atoms with Crippen LogP contribution >= 0.6 is 39.9 Å². The number of benzene rings is 1. The molecule has 4 nitrogen and oxygen atoms in total. The van der Waals surface area contributed by atoms with Gasteiger partial charge in [-0.05, 0) is 43.4 Å². The Labute approximate surface area is 183 Å². The van der Waals surface area contributed by atoms with Crippen LogP contribution in [-0.2, 0) is 10.2 Å². The van der Waals surface area contributed by atoms with E-state index in [1.165, 1.54) is 37.7 Å². The summed E-state index contributed by atoms with van der Waals surface area (Å²) in [5.74, 6) is 0.940. The molecule has 6 heteroatoms. The van der Waals surface area contributed by atoms with Crippen molar-refractivity contribution in [1.29, 1.82) is 0 Å². The van der Waals surface area contributed by atoms with E-state index < -0.39 is 0 Å². The summed E-state index contributed by atoms with van der Waals surface area (Å²) < 4.78 is 6.77. The van der Waals surface area contributed by atoms with Gasteiger partial charge >= 0.3 is 0 Å². The highest BCUT2D eigenvalue weighted by atomic mass is 127. The summed E-state index contributed by atoms with van der Waals surface area (Å²) in [5.41, 5.74) is 1.50. The molecule has 1 aromatic rings. The average molecular weight is 536 g/mol. The lowest BCUT2D eigenvalue weighted by molar-refractivity contribution is 0.0513. The van der Waals surface area contributed by atoms with Crippen LogP contribution in [0, 0.1) is 0 Å². The van der Waals surface area contributed by atoms with Gasteiger partial charge in [-0.3, -0.25) is 4.99 Å². The molecule has 2 fully saturated rings. The van der Waals surface area contributed by atoms with E-state index in [1.54, 1.807) is 0 Å². The van der Waals surface area contributed by atoms with Crippen molar-refractivity contribution in [2.24, 2.45) is 4.99 Å². The minimum absolute atomic E-state index is 0. The van der Waals surface area contributed by atoms with Gasteiger partial charge in [0.2, 0.25) is 0 Å². The molecule has 0 amide bonds. The molecule has 3 rings (SSSR count). The maximum Gasteiger partial charge on any atom is 0.191 e. The summed E-state index contributed by atoms with van der Waals surface area (Å²) in [6.45, 7) is 2.54. The third kappa shape index (κ3) is 5.83. The zero-order chi connectivity index (χ0) is 17.5. The van der Waals surface area contributed by atoms with E-state index in [0.717, 1.165) is 43.0 Å². The SMILES string of the molecule is CN=C(NCC1(c2ccc(Br)cc2)CCOCC1)NC1CCCCC1.I. The van der Waals surface area contributed by atoms with Crippen LogP contribution in [0.15, 0.2) is 33.7 Å². The van der Waals surface area contributed by atoms with Gasteiger partial charge in [-0.25, -0.2) is 0 Å². The molecule has 26 heavy (non-hydrogen) atoms. The van der Waals surface area contributed by atoms with Gasteiger partial charge in [0.05, 0.1) is 0 Å². The van der Waals surface area contributed by atoms with Crippen LogP contribution in [-0.4, -0.2) is 38.8 Å². The molecule has 0 radical (unpaired) electrons. The largest absolute Gasteiger partial charge is 0.381 e. The summed E-state index contributed by atoms with van der Waals surface area (Å²) in [5, 5.41) is 7.24. The second-order valence-corrected chi connectivity index (χ2v) is 8.22. The predicted molar refractivity (Wildman–Crippen MR) is 123 cm³/mol. The number of nitrogens with zero attached hydrogens (tertiary/aromatic N) is 1. The molecule has 0 spiro atoms. The van der Waals surface area contributed by atoms with Gasteiger partial charge < -0.3 is 15.4 Å². The van der Waals surface area contributed by atoms with Crippen molar-refractivity contribution in [1.82, 2.24) is 10.6 Å². The van der Waals surface area contributed by atoms with Crippen molar-refractivity contribution in [3.63, 3.8) is 0 Å². The summed E-state index contributed by atoms with van der Waals surface area (Å²) in [6, 6.07) is 9.34. The van der Waals surface area contributed by atoms with Crippen LogP contribution < -0.4 is 10.6 Å². The first kappa shape index (κ1) is 22.0. The molecule has 146 valence electrons. The van der Waals surface area contributed by atoms with Crippen molar-refractivity contribution < 1.29 is 4.74 Å². The molecule has 0 aromatic heterocycles. The number of guanidine groups is 1. The minimum atomic E-state index is 0. The fraction of sp³-hybridized carbons (Fsp3) is 0.650. The number of halogens is 2. The minimum Gasteiger partial charge on any atom is -0.381 e. The van der Waals surface area contributed by atoms with Gasteiger partial charge in [0.15, 0.2) is 5.96 Å². The molecule has 0 atom stereocenters. The number of hydrogen-bond donors (Lipinski definition) is 2. The first-order valence-corrected chi connectivity index (χ1v) is 10.3. The van der Waals surface area contributed by atoms with Crippen molar-refractivity contribution in [3.8, 4) is 0 Å². The van der Waals surface area contributed by atoms with Crippen molar-refractivity contribution in [2.45, 2.75) is 56.4 Å². The number of hydrogen-bond acceptors (Lipinski definition) is 2. The van der Waals surface area contributed by atoms with E-state index in [9.17, 15) is 0 Å². The van der Waals surface area contributed by atoms with Crippen molar-refractivity contribution in [2.75, 3.05) is 26.8 Å². The monoisotopic (exact) mass is 535 g/mol. The summed E-state index contributed by atoms with van der Waals surface area (Å²) in [6.07, 6.45) is 8.63. The van der Waals surface area contributed by atoms with E-state index in [-0.39, 0.29) is 29.4 Å². The van der Waals surface area contributed by atoms with E-state index in [1.807, 2.05) is 7.05 Å². The maximum atomic E-state index is 5.64. The molecule has 1 aliphatic heterocycles. The molecular formula is C20H31BrIN3O. The molecule has 2 N–H and O–H groups in total. The van der Waals surface area contributed by atoms with Crippen LogP contribution in [0.5, 0.6) is 0 Å². The highest BCUT2D eigenvalue weighted by Crippen LogP contribution is 2.35. The highest BCUT2D eigenvalue weighted by molar-refractivity contribution is 14.0. The smallest absolute Gasteiger partial charge is 0.191 e. The summed E-state index contributed by atoms with van der Waals surface area (Å²) in [4.78, 5) is 4.46. The summed E-state index contributed by atoms with van der Waals surface area (Å²) in [7, 11) is 1.87. The van der Waals surface area contributed by atoms with Crippen molar-refractivity contribution in [3.05, 3.63) is 34.3 Å². The van der Waals surface area contributed by atoms with E-state index >= 15 is 0 Å². The van der Waals surface area contributed by atoms with Gasteiger partial charge in [0.1, 0.15) is 0 Å². The van der Waals surface area contributed by atoms with Crippen LogP contribution in [0.25, 0.3) is 0 Å². The second-order valence-electron chi connectivity index (χ2n) is 7.30. The van der Waals surface area contributed by atoms with Crippen LogP contribution in [0.1, 0.15) is 50.5 Å². The second kappa shape index (κ2) is 10.9. The van der Waals surface area contributed by atoms with Gasteiger partial charge in [-0.1, -0.05) is 47.3 Å². The van der Waals surface area contributed by atoms with Gasteiger partial charge in [-0.2, -0.15) is 0 Å². The first-order valence-electron chi connectivity index (χ1n) is 9.53. The Morgan fingerprint density at radius 1 is 1.15 bits per heavy atom. The van der Waals surface area contributed by atoms with Crippen LogP contribution in [0.4, 0.5) is 0 Å². The number of ether oxygens (including phenoxy) is 1. The average Bonchev–Trinajstić information content (AvgIpc) is 2.67. The van der Waals surface area contributed by atoms with Gasteiger partial charge in [-0.15, -0.1) is 24.0 Å². The van der Waals surface area contributed by atoms with Crippen molar-refractivity contribution >= 4 is 45.9 Å². The maximum absolute atomic E-state index is 5.64. The molecular weight excluding hydrogens is 505 g/mol. The zero-order valence-corrected chi connectivity index (χ0v) is 19.5. The molecule has 1 heterocycles. The molecule has 1 saturated carbocycles. The molecule has 0 bridgehead atoms. The Hall–Kier alpha value is -0.340. The normalized spacial score (nSPS) is 20.9. The lowest BCUT2D eigenvalue weighted by Crippen LogP contribution is -2.50. The molecule has 1 aromatic carbocycles. The molecule has 1 saturated heterocycles. The topological polar surface area (TPSA) is 45.7 Å². The highest BCUT2D eigenvalue weighted by Gasteiger charge is 2.34. The third-order valence-electron chi connectivity index (χ3n) is 5.67. The van der Waals surface area contributed by atoms with E-state index in [2.05, 4.69) is 55.8 Å². The zero-order valence-electron chi connectivity index (χ0n) is 15.6. The lowest BCUT2D eigenvalue weighted by atomic mass is 9.74. The van der Waals surface area contributed by atoms with Gasteiger partial charge in [0.25, 0.3) is 0 Å². The Morgan fingerprint density at radius 2 is 1.81 bits per heavy atom. The number of nitrogens with one attached hydrogen (secondary N) is 2.